The molecular weight excluding hydrogens is 460 g/mol. The van der Waals surface area contributed by atoms with Crippen LogP contribution in [0.2, 0.25) is 0 Å². The number of rotatable bonds is 4. The first-order valence-corrected chi connectivity index (χ1v) is 13.4. The number of carbonyl (C=O) groups excluding carboxylic acids is 2. The Morgan fingerprint density at radius 1 is 1.17 bits per heavy atom. The van der Waals surface area contributed by atoms with Crippen LogP contribution in [0.15, 0.2) is 34.9 Å². The van der Waals surface area contributed by atoms with Crippen LogP contribution in [0, 0.1) is 22.7 Å². The molecule has 5 aliphatic rings. The van der Waals surface area contributed by atoms with Crippen LogP contribution in [-0.4, -0.2) is 61.7 Å². The van der Waals surface area contributed by atoms with E-state index in [9.17, 15) is 30.0 Å². The molecule has 0 aromatic heterocycles. The topological polar surface area (TPSA) is 124 Å². The Hall–Kier alpha value is -1.80. The third-order valence-corrected chi connectivity index (χ3v) is 11.3. The molecule has 5 rings (SSSR count). The van der Waals surface area contributed by atoms with Gasteiger partial charge in [0.15, 0.2) is 5.78 Å². The molecule has 0 aromatic rings. The molecule has 1 heterocycles. The van der Waals surface area contributed by atoms with Gasteiger partial charge in [0.2, 0.25) is 0 Å². The zero-order valence-corrected chi connectivity index (χ0v) is 21.8. The second kappa shape index (κ2) is 8.10. The number of aliphatic hydroxyl groups is 4. The highest BCUT2D eigenvalue weighted by Gasteiger charge is 2.77. The van der Waals surface area contributed by atoms with Crippen molar-refractivity contribution in [3.05, 3.63) is 34.9 Å². The summed E-state index contributed by atoms with van der Waals surface area (Å²) in [5, 5.41) is 46.6. The normalized spacial score (nSPS) is 45.9. The molecule has 4 N–H and O–H groups in total. The molecule has 7 nitrogen and oxygen atoms in total. The monoisotopic (exact) mass is 500 g/mol. The van der Waals surface area contributed by atoms with E-state index in [1.165, 1.54) is 6.92 Å². The molecule has 8 atom stereocenters. The number of fused-ring (bicyclic) bond motifs is 5. The summed E-state index contributed by atoms with van der Waals surface area (Å²) in [6.07, 6.45) is 8.32. The fourth-order valence-electron chi connectivity index (χ4n) is 9.09. The molecule has 0 bridgehead atoms. The van der Waals surface area contributed by atoms with Gasteiger partial charge in [-0.2, -0.15) is 0 Å². The van der Waals surface area contributed by atoms with Gasteiger partial charge in [-0.05, 0) is 83.6 Å². The number of hydrogen-bond donors (Lipinski definition) is 4. The molecule has 36 heavy (non-hydrogen) atoms. The predicted molar refractivity (Wildman–Crippen MR) is 133 cm³/mol. The SMILES string of the molecule is CC[C@]12CC[C@H]3[C@@H](CC=C4CC=CC(=O)[C@@]43C)[C@]1(O)CC[C@@]2(O)[C@@](C)(O)[C@H]1CC(C)=C(CO)C(=O)O1. The van der Waals surface area contributed by atoms with Gasteiger partial charge in [-0.1, -0.05) is 30.2 Å². The van der Waals surface area contributed by atoms with Crippen LogP contribution in [0.25, 0.3) is 0 Å². The van der Waals surface area contributed by atoms with E-state index in [2.05, 4.69) is 6.08 Å². The number of aliphatic hydroxyl groups excluding tert-OH is 1. The summed E-state index contributed by atoms with van der Waals surface area (Å²) in [6.45, 7) is 6.77. The van der Waals surface area contributed by atoms with Crippen molar-refractivity contribution in [1.29, 1.82) is 0 Å². The maximum absolute atomic E-state index is 13.2. The van der Waals surface area contributed by atoms with Crippen molar-refractivity contribution in [3.63, 3.8) is 0 Å². The van der Waals surface area contributed by atoms with Crippen molar-refractivity contribution >= 4 is 11.8 Å². The van der Waals surface area contributed by atoms with Gasteiger partial charge in [-0.25, -0.2) is 4.79 Å². The highest BCUT2D eigenvalue weighted by atomic mass is 16.6. The third-order valence-electron chi connectivity index (χ3n) is 11.3. The Morgan fingerprint density at radius 2 is 1.89 bits per heavy atom. The number of cyclic esters (lactones) is 1. The summed E-state index contributed by atoms with van der Waals surface area (Å²) in [4.78, 5) is 25.8. The van der Waals surface area contributed by atoms with Crippen LogP contribution in [0.4, 0.5) is 0 Å². The third kappa shape index (κ3) is 2.89. The highest BCUT2D eigenvalue weighted by Crippen LogP contribution is 2.71. The molecule has 0 radical (unpaired) electrons. The first-order chi connectivity index (χ1) is 16.8. The van der Waals surface area contributed by atoms with Crippen molar-refractivity contribution < 1.29 is 34.8 Å². The molecule has 4 aliphatic carbocycles. The first-order valence-electron chi connectivity index (χ1n) is 13.4. The van der Waals surface area contributed by atoms with E-state index in [1.807, 2.05) is 19.9 Å². The van der Waals surface area contributed by atoms with Gasteiger partial charge in [-0.15, -0.1) is 0 Å². The average Bonchev–Trinajstić information content (AvgIpc) is 3.08. The van der Waals surface area contributed by atoms with Gasteiger partial charge < -0.3 is 25.2 Å². The minimum Gasteiger partial charge on any atom is -0.455 e. The van der Waals surface area contributed by atoms with Crippen molar-refractivity contribution in [2.24, 2.45) is 22.7 Å². The summed E-state index contributed by atoms with van der Waals surface area (Å²) in [5.74, 6) is -0.869. The van der Waals surface area contributed by atoms with Gasteiger partial charge in [-0.3, -0.25) is 4.79 Å². The molecule has 1 aliphatic heterocycles. The lowest BCUT2D eigenvalue weighted by atomic mass is 9.43. The lowest BCUT2D eigenvalue weighted by Gasteiger charge is -2.64. The quantitative estimate of drug-likeness (QED) is 0.346. The first kappa shape index (κ1) is 25.8. The van der Waals surface area contributed by atoms with Crippen LogP contribution in [0.5, 0.6) is 0 Å². The molecule has 0 amide bonds. The Bertz CT molecular complexity index is 1090. The number of hydrogen-bond acceptors (Lipinski definition) is 7. The Kier molecular flexibility index (Phi) is 5.81. The fourth-order valence-corrected chi connectivity index (χ4v) is 9.09. The molecule has 0 unspecified atom stereocenters. The van der Waals surface area contributed by atoms with E-state index < -0.39 is 46.3 Å². The maximum atomic E-state index is 13.2. The summed E-state index contributed by atoms with van der Waals surface area (Å²) in [7, 11) is 0. The number of carbonyl (C=O) groups is 2. The summed E-state index contributed by atoms with van der Waals surface area (Å²) in [6, 6.07) is 0. The average molecular weight is 501 g/mol. The van der Waals surface area contributed by atoms with Crippen molar-refractivity contribution in [2.45, 2.75) is 102 Å². The Balaban J connectivity index is 1.55. The highest BCUT2D eigenvalue weighted by molar-refractivity contribution is 5.98. The van der Waals surface area contributed by atoms with Crippen molar-refractivity contribution in [3.8, 4) is 0 Å². The van der Waals surface area contributed by atoms with Crippen LogP contribution >= 0.6 is 0 Å². The van der Waals surface area contributed by atoms with Crippen LogP contribution in [0.3, 0.4) is 0 Å². The summed E-state index contributed by atoms with van der Waals surface area (Å²) >= 11 is 0. The minimum absolute atomic E-state index is 0.0447. The van der Waals surface area contributed by atoms with Crippen molar-refractivity contribution in [1.82, 2.24) is 0 Å². The molecule has 0 aromatic carbocycles. The van der Waals surface area contributed by atoms with Crippen molar-refractivity contribution in [2.75, 3.05) is 6.61 Å². The molecule has 198 valence electrons. The standard InChI is InChI=1S/C29H40O7/c1-5-27-12-11-20-21(10-9-18-7-6-8-22(31)25(18,20)3)28(27,34)13-14-29(27,35)26(4,33)23-15-17(2)19(16-30)24(32)36-23/h6,8-9,20-21,23,30,33-35H,5,7,10-16H2,1-4H3/t20-,21+,23+,25-,26-,27-,28+,29+/m0/s1. The van der Waals surface area contributed by atoms with Gasteiger partial charge in [0.25, 0.3) is 0 Å². The molecule has 0 saturated heterocycles. The summed E-state index contributed by atoms with van der Waals surface area (Å²) in [5.41, 5.74) is -4.56. The fraction of sp³-hybridized carbons (Fsp3) is 0.724. The zero-order chi connectivity index (χ0) is 26.3. The van der Waals surface area contributed by atoms with Crippen LogP contribution < -0.4 is 0 Å². The Labute approximate surface area is 212 Å². The molecule has 7 heteroatoms. The zero-order valence-electron chi connectivity index (χ0n) is 21.8. The number of allylic oxidation sites excluding steroid dienone is 4. The molecule has 2 saturated carbocycles. The van der Waals surface area contributed by atoms with Gasteiger partial charge in [0.05, 0.1) is 23.2 Å². The second-order valence-electron chi connectivity index (χ2n) is 12.3. The van der Waals surface area contributed by atoms with E-state index in [-0.39, 0.29) is 36.0 Å². The predicted octanol–water partition coefficient (Wildman–Crippen LogP) is 2.91. The van der Waals surface area contributed by atoms with Crippen LogP contribution in [0.1, 0.15) is 79.1 Å². The maximum Gasteiger partial charge on any atom is 0.336 e. The lowest BCUT2D eigenvalue weighted by molar-refractivity contribution is -0.286. The van der Waals surface area contributed by atoms with E-state index in [0.717, 1.165) is 12.0 Å². The Morgan fingerprint density at radius 3 is 2.53 bits per heavy atom. The number of ketones is 1. The van der Waals surface area contributed by atoms with Gasteiger partial charge in [0.1, 0.15) is 17.3 Å². The summed E-state index contributed by atoms with van der Waals surface area (Å²) < 4.78 is 5.60. The van der Waals surface area contributed by atoms with Gasteiger partial charge >= 0.3 is 5.97 Å². The van der Waals surface area contributed by atoms with Crippen LogP contribution in [-0.2, 0) is 14.3 Å². The lowest BCUT2D eigenvalue weighted by Crippen LogP contribution is -2.72. The van der Waals surface area contributed by atoms with E-state index in [4.69, 9.17) is 4.74 Å². The number of ether oxygens (including phenoxy) is 1. The molecule has 0 spiro atoms. The smallest absolute Gasteiger partial charge is 0.336 e. The second-order valence-corrected chi connectivity index (χ2v) is 12.3. The van der Waals surface area contributed by atoms with E-state index >= 15 is 0 Å². The van der Waals surface area contributed by atoms with Gasteiger partial charge in [0, 0.05) is 11.8 Å². The van der Waals surface area contributed by atoms with E-state index in [0.29, 0.717) is 37.7 Å². The minimum atomic E-state index is -1.83. The molecule has 2 fully saturated rings. The van der Waals surface area contributed by atoms with E-state index in [1.54, 1.807) is 13.0 Å². The largest absolute Gasteiger partial charge is 0.455 e. The molecular formula is C29H40O7. The number of esters is 1.